The Hall–Kier alpha value is -1.23. The lowest BCUT2D eigenvalue weighted by atomic mass is 10.1. The summed E-state index contributed by atoms with van der Waals surface area (Å²) in [4.78, 5) is 2.19. The van der Waals surface area contributed by atoms with Crippen LogP contribution >= 0.6 is 15.9 Å². The SMILES string of the molecule is CCN(c1ccc(Br)cc1/C(N)=N/O)C(C)C. The Morgan fingerprint density at radius 3 is 2.65 bits per heavy atom. The zero-order chi connectivity index (χ0) is 13.0. The van der Waals surface area contributed by atoms with E-state index in [2.05, 4.69) is 46.8 Å². The van der Waals surface area contributed by atoms with E-state index in [1.165, 1.54) is 0 Å². The minimum Gasteiger partial charge on any atom is -0.409 e. The van der Waals surface area contributed by atoms with Gasteiger partial charge in [-0.25, -0.2) is 0 Å². The van der Waals surface area contributed by atoms with E-state index in [1.54, 1.807) is 0 Å². The van der Waals surface area contributed by atoms with E-state index in [1.807, 2.05) is 18.2 Å². The number of rotatable bonds is 4. The molecule has 0 unspecified atom stereocenters. The van der Waals surface area contributed by atoms with Gasteiger partial charge in [0.15, 0.2) is 5.84 Å². The van der Waals surface area contributed by atoms with Crippen LogP contribution in [-0.2, 0) is 0 Å². The third-order valence-corrected chi connectivity index (χ3v) is 3.11. The highest BCUT2D eigenvalue weighted by atomic mass is 79.9. The number of anilines is 1. The summed E-state index contributed by atoms with van der Waals surface area (Å²) in [6.45, 7) is 7.17. The predicted molar refractivity (Wildman–Crippen MR) is 74.8 cm³/mol. The van der Waals surface area contributed by atoms with E-state index in [0.717, 1.165) is 22.3 Å². The second-order valence-electron chi connectivity index (χ2n) is 4.03. The minimum atomic E-state index is 0.125. The van der Waals surface area contributed by atoms with Crippen molar-refractivity contribution in [3.05, 3.63) is 28.2 Å². The molecule has 1 aromatic carbocycles. The van der Waals surface area contributed by atoms with Gasteiger partial charge in [0.25, 0.3) is 0 Å². The van der Waals surface area contributed by atoms with E-state index in [0.29, 0.717) is 6.04 Å². The number of hydrogen-bond donors (Lipinski definition) is 2. The van der Waals surface area contributed by atoms with E-state index < -0.39 is 0 Å². The van der Waals surface area contributed by atoms with Gasteiger partial charge in [-0.15, -0.1) is 0 Å². The Labute approximate surface area is 110 Å². The summed E-state index contributed by atoms with van der Waals surface area (Å²) in [7, 11) is 0. The first-order valence-electron chi connectivity index (χ1n) is 5.55. The van der Waals surface area contributed by atoms with Crippen LogP contribution in [0, 0.1) is 0 Å². The van der Waals surface area contributed by atoms with Gasteiger partial charge in [-0.05, 0) is 39.0 Å². The molecule has 0 saturated heterocycles. The Morgan fingerprint density at radius 1 is 1.53 bits per heavy atom. The number of hydrogen-bond acceptors (Lipinski definition) is 3. The minimum absolute atomic E-state index is 0.125. The van der Waals surface area contributed by atoms with Gasteiger partial charge >= 0.3 is 0 Å². The Kier molecular flexibility index (Phi) is 4.81. The Balaban J connectivity index is 3.31. The van der Waals surface area contributed by atoms with Crippen molar-refractivity contribution in [2.75, 3.05) is 11.4 Å². The molecule has 0 fully saturated rings. The highest BCUT2D eigenvalue weighted by Crippen LogP contribution is 2.26. The van der Waals surface area contributed by atoms with Gasteiger partial charge in [0.1, 0.15) is 0 Å². The Morgan fingerprint density at radius 2 is 2.18 bits per heavy atom. The van der Waals surface area contributed by atoms with E-state index in [-0.39, 0.29) is 5.84 Å². The third-order valence-electron chi connectivity index (χ3n) is 2.62. The van der Waals surface area contributed by atoms with Crippen LogP contribution in [0.5, 0.6) is 0 Å². The molecule has 0 amide bonds. The molecule has 0 saturated carbocycles. The molecule has 3 N–H and O–H groups in total. The molecule has 0 radical (unpaired) electrons. The van der Waals surface area contributed by atoms with Crippen molar-refractivity contribution in [1.82, 2.24) is 0 Å². The molecular formula is C12H18BrN3O. The van der Waals surface area contributed by atoms with E-state index in [9.17, 15) is 0 Å². The maximum absolute atomic E-state index is 8.83. The van der Waals surface area contributed by atoms with Crippen molar-refractivity contribution < 1.29 is 5.21 Å². The van der Waals surface area contributed by atoms with Gasteiger partial charge in [-0.2, -0.15) is 0 Å². The van der Waals surface area contributed by atoms with Crippen LogP contribution in [0.1, 0.15) is 26.3 Å². The van der Waals surface area contributed by atoms with Crippen molar-refractivity contribution >= 4 is 27.5 Å². The average Bonchev–Trinajstić information content (AvgIpc) is 2.30. The van der Waals surface area contributed by atoms with E-state index >= 15 is 0 Å². The molecule has 5 heteroatoms. The van der Waals surface area contributed by atoms with Crippen molar-refractivity contribution in [2.45, 2.75) is 26.8 Å². The van der Waals surface area contributed by atoms with Crippen molar-refractivity contribution in [3.8, 4) is 0 Å². The topological polar surface area (TPSA) is 61.8 Å². The molecule has 0 atom stereocenters. The van der Waals surface area contributed by atoms with Gasteiger partial charge in [-0.1, -0.05) is 21.1 Å². The van der Waals surface area contributed by atoms with Crippen molar-refractivity contribution in [2.24, 2.45) is 10.9 Å². The number of benzene rings is 1. The number of nitrogens with two attached hydrogens (primary N) is 1. The summed E-state index contributed by atoms with van der Waals surface area (Å²) >= 11 is 3.39. The van der Waals surface area contributed by atoms with E-state index in [4.69, 9.17) is 10.9 Å². The summed E-state index contributed by atoms with van der Waals surface area (Å²) in [5, 5.41) is 11.9. The smallest absolute Gasteiger partial charge is 0.172 e. The zero-order valence-corrected chi connectivity index (χ0v) is 11.9. The highest BCUT2D eigenvalue weighted by Gasteiger charge is 2.15. The number of nitrogens with zero attached hydrogens (tertiary/aromatic N) is 2. The summed E-state index contributed by atoms with van der Waals surface area (Å²) in [6.07, 6.45) is 0. The summed E-state index contributed by atoms with van der Waals surface area (Å²) in [6, 6.07) is 6.14. The first kappa shape index (κ1) is 13.8. The second kappa shape index (κ2) is 5.91. The summed E-state index contributed by atoms with van der Waals surface area (Å²) in [5.41, 5.74) is 7.42. The van der Waals surface area contributed by atoms with Crippen LogP contribution in [0.25, 0.3) is 0 Å². The van der Waals surface area contributed by atoms with Gasteiger partial charge in [0.2, 0.25) is 0 Å². The predicted octanol–water partition coefficient (Wildman–Crippen LogP) is 2.78. The molecule has 94 valence electrons. The summed E-state index contributed by atoms with van der Waals surface area (Å²) < 4.78 is 0.905. The molecule has 1 aromatic rings. The van der Waals surface area contributed by atoms with Gasteiger partial charge < -0.3 is 15.8 Å². The van der Waals surface area contributed by atoms with Gasteiger partial charge in [0, 0.05) is 28.3 Å². The monoisotopic (exact) mass is 299 g/mol. The lowest BCUT2D eigenvalue weighted by molar-refractivity contribution is 0.318. The highest BCUT2D eigenvalue weighted by molar-refractivity contribution is 9.10. The first-order valence-corrected chi connectivity index (χ1v) is 6.34. The molecule has 0 aliphatic heterocycles. The van der Waals surface area contributed by atoms with Crippen LogP contribution in [-0.4, -0.2) is 23.6 Å². The fourth-order valence-electron chi connectivity index (χ4n) is 1.83. The van der Waals surface area contributed by atoms with Crippen LogP contribution < -0.4 is 10.6 Å². The van der Waals surface area contributed by atoms with Crippen LogP contribution in [0.3, 0.4) is 0 Å². The molecule has 4 nitrogen and oxygen atoms in total. The summed E-state index contributed by atoms with van der Waals surface area (Å²) in [5.74, 6) is 0.125. The van der Waals surface area contributed by atoms with Crippen molar-refractivity contribution in [1.29, 1.82) is 0 Å². The van der Waals surface area contributed by atoms with Crippen molar-refractivity contribution in [3.63, 3.8) is 0 Å². The normalized spacial score (nSPS) is 11.9. The average molecular weight is 300 g/mol. The third kappa shape index (κ3) is 3.12. The molecule has 0 spiro atoms. The molecule has 1 rings (SSSR count). The fraction of sp³-hybridized carbons (Fsp3) is 0.417. The molecule has 0 bridgehead atoms. The van der Waals surface area contributed by atoms with Crippen LogP contribution in [0.2, 0.25) is 0 Å². The Bertz CT molecular complexity index is 418. The lowest BCUT2D eigenvalue weighted by Crippen LogP contribution is -2.32. The van der Waals surface area contributed by atoms with Gasteiger partial charge in [-0.3, -0.25) is 0 Å². The molecule has 0 aromatic heterocycles. The fourth-order valence-corrected chi connectivity index (χ4v) is 2.19. The number of halogens is 1. The molecule has 17 heavy (non-hydrogen) atoms. The molecule has 0 aliphatic rings. The first-order chi connectivity index (χ1) is 8.01. The molecule has 0 heterocycles. The molecule has 0 aliphatic carbocycles. The maximum atomic E-state index is 8.83. The van der Waals surface area contributed by atoms with Crippen LogP contribution in [0.4, 0.5) is 5.69 Å². The van der Waals surface area contributed by atoms with Crippen LogP contribution in [0.15, 0.2) is 27.8 Å². The second-order valence-corrected chi connectivity index (χ2v) is 4.94. The maximum Gasteiger partial charge on any atom is 0.172 e. The number of oxime groups is 1. The quantitative estimate of drug-likeness (QED) is 0.389. The zero-order valence-electron chi connectivity index (χ0n) is 10.3. The standard InChI is InChI=1S/C12H18BrN3O/c1-4-16(8(2)3)11-6-5-9(13)7-10(11)12(14)15-17/h5-8,17H,4H2,1-3H3,(H2,14,15). The van der Waals surface area contributed by atoms with Gasteiger partial charge in [0.05, 0.1) is 0 Å². The molecular weight excluding hydrogens is 282 g/mol. The largest absolute Gasteiger partial charge is 0.409 e. The lowest BCUT2D eigenvalue weighted by Gasteiger charge is -2.29. The number of amidine groups is 1.